The van der Waals surface area contributed by atoms with E-state index in [-0.39, 0.29) is 0 Å². The minimum Gasteiger partial charge on any atom is -0.378 e. The summed E-state index contributed by atoms with van der Waals surface area (Å²) in [7, 11) is 0. The molecule has 1 atom stereocenters. The first kappa shape index (κ1) is 12.4. The Hall–Kier alpha value is -1.65. The van der Waals surface area contributed by atoms with E-state index in [1.807, 2.05) is 11.6 Å². The lowest BCUT2D eigenvalue weighted by atomic mass is 10.2. The molecule has 0 amide bonds. The molecule has 1 N–H and O–H groups in total. The van der Waals surface area contributed by atoms with Crippen molar-refractivity contribution >= 4 is 28.4 Å². The van der Waals surface area contributed by atoms with Crippen LogP contribution in [0.2, 0.25) is 0 Å². The van der Waals surface area contributed by atoms with Crippen LogP contribution in [0.4, 0.5) is 5.69 Å². The van der Waals surface area contributed by atoms with Crippen LogP contribution in [0.5, 0.6) is 0 Å². The highest BCUT2D eigenvalue weighted by atomic mass is 32.1. The van der Waals surface area contributed by atoms with E-state index < -0.39 is 0 Å². The molecule has 0 saturated heterocycles. The third kappa shape index (κ3) is 2.85. The minimum absolute atomic E-state index is 0.339. The maximum atomic E-state index is 4.32. The highest BCUT2D eigenvalue weighted by molar-refractivity contribution is 7.13. The lowest BCUT2D eigenvalue weighted by Crippen LogP contribution is -2.04. The van der Waals surface area contributed by atoms with Crippen molar-refractivity contribution in [1.29, 1.82) is 0 Å². The number of thiophene rings is 1. The third-order valence-electron chi connectivity index (χ3n) is 2.92. The number of benzene rings is 1. The van der Waals surface area contributed by atoms with Crippen molar-refractivity contribution in [3.8, 4) is 10.6 Å². The van der Waals surface area contributed by atoms with Crippen molar-refractivity contribution in [1.82, 2.24) is 4.98 Å². The van der Waals surface area contributed by atoms with Crippen molar-refractivity contribution < 1.29 is 0 Å². The van der Waals surface area contributed by atoms with Crippen LogP contribution in [-0.4, -0.2) is 4.98 Å². The minimum atomic E-state index is 0.339. The standard InChI is InChI=1S/C15H14N2S2/c1-11(14-3-2-9-18-14)17-13-6-4-12(5-7-13)15-16-8-10-19-15/h2-11,17H,1H3. The van der Waals surface area contributed by atoms with Crippen LogP contribution in [0, 0.1) is 0 Å². The Bertz CT molecular complexity index is 613. The van der Waals surface area contributed by atoms with Gasteiger partial charge in [0.05, 0.1) is 6.04 Å². The third-order valence-corrected chi connectivity index (χ3v) is 4.79. The van der Waals surface area contributed by atoms with Gasteiger partial charge in [-0.2, -0.15) is 0 Å². The Morgan fingerprint density at radius 1 is 1.05 bits per heavy atom. The first-order valence-corrected chi connectivity index (χ1v) is 7.89. The van der Waals surface area contributed by atoms with Crippen molar-refractivity contribution in [2.75, 3.05) is 5.32 Å². The summed E-state index contributed by atoms with van der Waals surface area (Å²) in [4.78, 5) is 5.67. The maximum Gasteiger partial charge on any atom is 0.123 e. The summed E-state index contributed by atoms with van der Waals surface area (Å²) in [5.41, 5.74) is 2.31. The Balaban J connectivity index is 1.73. The number of thiazole rings is 1. The second-order valence-corrected chi connectivity index (χ2v) is 6.17. The smallest absolute Gasteiger partial charge is 0.123 e. The summed E-state index contributed by atoms with van der Waals surface area (Å²) < 4.78 is 0. The summed E-state index contributed by atoms with van der Waals surface area (Å²) >= 11 is 3.44. The molecule has 0 spiro atoms. The van der Waals surface area contributed by atoms with Crippen LogP contribution < -0.4 is 5.32 Å². The number of nitrogens with one attached hydrogen (secondary N) is 1. The lowest BCUT2D eigenvalue weighted by Gasteiger charge is -2.13. The molecule has 19 heavy (non-hydrogen) atoms. The van der Waals surface area contributed by atoms with Gasteiger partial charge in [-0.15, -0.1) is 22.7 Å². The first-order valence-electron chi connectivity index (χ1n) is 6.13. The predicted molar refractivity (Wildman–Crippen MR) is 83.9 cm³/mol. The van der Waals surface area contributed by atoms with Gasteiger partial charge in [0.25, 0.3) is 0 Å². The van der Waals surface area contributed by atoms with Gasteiger partial charge in [-0.3, -0.25) is 0 Å². The summed E-state index contributed by atoms with van der Waals surface area (Å²) in [6.07, 6.45) is 1.84. The number of rotatable bonds is 4. The molecule has 2 heterocycles. The Morgan fingerprint density at radius 2 is 1.89 bits per heavy atom. The van der Waals surface area contributed by atoms with Crippen molar-refractivity contribution in [2.24, 2.45) is 0 Å². The van der Waals surface area contributed by atoms with E-state index in [1.54, 1.807) is 22.7 Å². The molecule has 3 rings (SSSR count). The van der Waals surface area contributed by atoms with Gasteiger partial charge in [0, 0.05) is 27.7 Å². The summed E-state index contributed by atoms with van der Waals surface area (Å²) in [6, 6.07) is 13.0. The van der Waals surface area contributed by atoms with Gasteiger partial charge in [0.15, 0.2) is 0 Å². The number of anilines is 1. The van der Waals surface area contributed by atoms with E-state index in [9.17, 15) is 0 Å². The zero-order valence-electron chi connectivity index (χ0n) is 10.5. The first-order chi connectivity index (χ1) is 9.33. The number of hydrogen-bond donors (Lipinski definition) is 1. The highest BCUT2D eigenvalue weighted by Gasteiger charge is 2.06. The fourth-order valence-corrected chi connectivity index (χ4v) is 3.31. The van der Waals surface area contributed by atoms with Crippen LogP contribution in [0.3, 0.4) is 0 Å². The monoisotopic (exact) mass is 286 g/mol. The molecule has 1 unspecified atom stereocenters. The quantitative estimate of drug-likeness (QED) is 0.726. The molecule has 0 aliphatic rings. The molecule has 0 radical (unpaired) electrons. The molecule has 0 aliphatic carbocycles. The molecule has 2 aromatic heterocycles. The molecule has 0 fully saturated rings. The molecule has 1 aromatic carbocycles. The average Bonchev–Trinajstić information content (AvgIpc) is 3.13. The number of nitrogens with zero attached hydrogens (tertiary/aromatic N) is 1. The molecule has 3 aromatic rings. The highest BCUT2D eigenvalue weighted by Crippen LogP contribution is 2.26. The topological polar surface area (TPSA) is 24.9 Å². The molecule has 4 heteroatoms. The molecular formula is C15H14N2S2. The summed E-state index contributed by atoms with van der Waals surface area (Å²) in [5, 5.41) is 8.69. The van der Waals surface area contributed by atoms with E-state index in [1.165, 1.54) is 10.4 Å². The molecule has 96 valence electrons. The SMILES string of the molecule is CC(Nc1ccc(-c2nccs2)cc1)c1cccs1. The molecule has 2 nitrogen and oxygen atoms in total. The van der Waals surface area contributed by atoms with Crippen LogP contribution in [-0.2, 0) is 0 Å². The Morgan fingerprint density at radius 3 is 2.53 bits per heavy atom. The average molecular weight is 286 g/mol. The van der Waals surface area contributed by atoms with E-state index in [4.69, 9.17) is 0 Å². The fraction of sp³-hybridized carbons (Fsp3) is 0.133. The summed E-state index contributed by atoms with van der Waals surface area (Å²) in [6.45, 7) is 2.18. The largest absolute Gasteiger partial charge is 0.378 e. The van der Waals surface area contributed by atoms with Gasteiger partial charge in [0.2, 0.25) is 0 Å². The normalized spacial score (nSPS) is 12.3. The molecule has 0 bridgehead atoms. The van der Waals surface area contributed by atoms with Crippen molar-refractivity contribution in [3.63, 3.8) is 0 Å². The lowest BCUT2D eigenvalue weighted by molar-refractivity contribution is 0.908. The molecule has 0 aliphatic heterocycles. The number of hydrogen-bond acceptors (Lipinski definition) is 4. The van der Waals surface area contributed by atoms with E-state index in [0.29, 0.717) is 6.04 Å². The van der Waals surface area contributed by atoms with Crippen molar-refractivity contribution in [3.05, 3.63) is 58.2 Å². The Kier molecular flexibility index (Phi) is 3.62. The summed E-state index contributed by atoms with van der Waals surface area (Å²) in [5.74, 6) is 0. The van der Waals surface area contributed by atoms with Gasteiger partial charge in [-0.1, -0.05) is 6.07 Å². The second kappa shape index (κ2) is 5.55. The van der Waals surface area contributed by atoms with Gasteiger partial charge in [-0.25, -0.2) is 4.98 Å². The molecule has 0 saturated carbocycles. The van der Waals surface area contributed by atoms with Gasteiger partial charge in [-0.05, 0) is 42.6 Å². The zero-order chi connectivity index (χ0) is 13.1. The van der Waals surface area contributed by atoms with Gasteiger partial charge in [0.1, 0.15) is 5.01 Å². The van der Waals surface area contributed by atoms with E-state index in [0.717, 1.165) is 10.7 Å². The predicted octanol–water partition coefficient (Wildman–Crippen LogP) is 5.04. The van der Waals surface area contributed by atoms with Crippen LogP contribution in [0.15, 0.2) is 53.4 Å². The van der Waals surface area contributed by atoms with E-state index in [2.05, 4.69) is 59.0 Å². The van der Waals surface area contributed by atoms with Crippen molar-refractivity contribution in [2.45, 2.75) is 13.0 Å². The second-order valence-electron chi connectivity index (χ2n) is 4.30. The van der Waals surface area contributed by atoms with Crippen LogP contribution >= 0.6 is 22.7 Å². The molecular weight excluding hydrogens is 272 g/mol. The van der Waals surface area contributed by atoms with E-state index >= 15 is 0 Å². The van der Waals surface area contributed by atoms with Crippen LogP contribution in [0.25, 0.3) is 10.6 Å². The number of aromatic nitrogens is 1. The maximum absolute atomic E-state index is 4.32. The zero-order valence-corrected chi connectivity index (χ0v) is 12.2. The van der Waals surface area contributed by atoms with Gasteiger partial charge >= 0.3 is 0 Å². The van der Waals surface area contributed by atoms with Crippen LogP contribution in [0.1, 0.15) is 17.8 Å². The fourth-order valence-electron chi connectivity index (χ4n) is 1.93. The van der Waals surface area contributed by atoms with Gasteiger partial charge < -0.3 is 5.32 Å². The Labute approximate surface area is 120 Å².